The molecule has 9 nitrogen and oxygen atoms in total. The highest BCUT2D eigenvalue weighted by Crippen LogP contribution is 2.30. The third-order valence-electron chi connectivity index (χ3n) is 5.33. The van der Waals surface area contributed by atoms with Gasteiger partial charge in [0.15, 0.2) is 0 Å². The van der Waals surface area contributed by atoms with Crippen LogP contribution in [-0.4, -0.2) is 49.3 Å². The molecule has 0 aliphatic carbocycles. The third-order valence-corrected chi connectivity index (χ3v) is 5.33. The predicted molar refractivity (Wildman–Crippen MR) is 127 cm³/mol. The smallest absolute Gasteiger partial charge is 0.343 e. The van der Waals surface area contributed by atoms with Crippen LogP contribution < -0.4 is 4.90 Å². The number of phenolic OH excluding ortho intramolecular Hbond substituents is 1. The number of hydrogen-bond acceptors (Lipinski definition) is 6. The Balaban J connectivity index is 1.60. The Bertz CT molecular complexity index is 1370. The van der Waals surface area contributed by atoms with Crippen LogP contribution in [0.4, 0.5) is 5.69 Å². The van der Waals surface area contributed by atoms with Crippen molar-refractivity contribution in [3.63, 3.8) is 0 Å². The monoisotopic (exact) mass is 458 g/mol. The summed E-state index contributed by atoms with van der Waals surface area (Å²) in [6, 6.07) is 18.0. The van der Waals surface area contributed by atoms with Crippen molar-refractivity contribution >= 4 is 34.7 Å². The second kappa shape index (κ2) is 9.07. The van der Waals surface area contributed by atoms with Crippen molar-refractivity contribution in [2.75, 3.05) is 11.9 Å². The minimum absolute atomic E-state index is 0.0740. The molecule has 0 aliphatic heterocycles. The summed E-state index contributed by atoms with van der Waals surface area (Å²) in [4.78, 5) is 25.5. The van der Waals surface area contributed by atoms with E-state index in [1.807, 2.05) is 55.3 Å². The lowest BCUT2D eigenvalue weighted by Crippen LogP contribution is -2.17. The molecule has 172 valence electrons. The summed E-state index contributed by atoms with van der Waals surface area (Å²) in [7, 11) is 1.85. The molecule has 0 radical (unpaired) electrons. The Morgan fingerprint density at radius 3 is 2.12 bits per heavy atom. The molecule has 1 aromatic heterocycles. The van der Waals surface area contributed by atoms with Crippen LogP contribution in [0.5, 0.6) is 5.75 Å². The Morgan fingerprint density at radius 1 is 0.971 bits per heavy atom. The van der Waals surface area contributed by atoms with Gasteiger partial charge in [0.05, 0.1) is 0 Å². The van der Waals surface area contributed by atoms with E-state index in [0.717, 1.165) is 28.4 Å². The normalized spacial score (nSPS) is 10.8. The van der Waals surface area contributed by atoms with Gasteiger partial charge in [0.25, 0.3) is 0 Å². The molecule has 1 heterocycles. The molecule has 0 amide bonds. The molecule has 4 aromatic rings. The summed E-state index contributed by atoms with van der Waals surface area (Å²) in [5.74, 6) is -2.93. The third kappa shape index (κ3) is 4.58. The highest BCUT2D eigenvalue weighted by molar-refractivity contribution is 6.16. The molecule has 0 fully saturated rings. The number of rotatable bonds is 7. The highest BCUT2D eigenvalue weighted by atomic mass is 16.4. The zero-order chi connectivity index (χ0) is 24.4. The maximum atomic E-state index is 11.1. The Hall–Kier alpha value is -4.66. The average Bonchev–Trinajstić information content (AvgIpc) is 3.23. The van der Waals surface area contributed by atoms with Gasteiger partial charge in [-0.25, -0.2) is 9.59 Å². The molecule has 0 saturated carbocycles. The van der Waals surface area contributed by atoms with E-state index in [2.05, 4.69) is 10.2 Å². The van der Waals surface area contributed by atoms with Crippen molar-refractivity contribution in [2.45, 2.75) is 13.5 Å². The quantitative estimate of drug-likeness (QED) is 0.218. The lowest BCUT2D eigenvalue weighted by Gasteiger charge is -2.21. The number of carboxylic acid groups (broad SMARTS) is 2. The number of aliphatic carboxylic acids is 2. The van der Waals surface area contributed by atoms with Crippen LogP contribution >= 0.6 is 0 Å². The largest absolute Gasteiger partial charge is 0.505 e. The summed E-state index contributed by atoms with van der Waals surface area (Å²) in [5, 5.41) is 37.9. The molecule has 0 aliphatic rings. The molecule has 34 heavy (non-hydrogen) atoms. The first-order valence-corrected chi connectivity index (χ1v) is 10.4. The van der Waals surface area contributed by atoms with Crippen molar-refractivity contribution in [3.8, 4) is 11.4 Å². The zero-order valence-corrected chi connectivity index (χ0v) is 18.5. The first-order valence-electron chi connectivity index (χ1n) is 10.4. The number of hydrogen-bond donors (Lipinski definition) is 3. The maximum absolute atomic E-state index is 11.1. The molecule has 3 aromatic carbocycles. The summed E-state index contributed by atoms with van der Waals surface area (Å²) >= 11 is 0. The van der Waals surface area contributed by atoms with E-state index in [4.69, 9.17) is 10.2 Å². The van der Waals surface area contributed by atoms with Crippen molar-refractivity contribution in [1.82, 2.24) is 15.0 Å². The maximum Gasteiger partial charge on any atom is 0.343 e. The Morgan fingerprint density at radius 2 is 1.56 bits per heavy atom. The minimum atomic E-state index is -1.50. The summed E-state index contributed by atoms with van der Waals surface area (Å²) in [5.41, 5.74) is 4.10. The van der Waals surface area contributed by atoms with Crippen LogP contribution in [0, 0.1) is 6.92 Å². The van der Waals surface area contributed by atoms with Crippen molar-refractivity contribution < 1.29 is 24.9 Å². The minimum Gasteiger partial charge on any atom is -0.505 e. The first kappa shape index (κ1) is 22.5. The van der Waals surface area contributed by atoms with E-state index in [0.29, 0.717) is 23.4 Å². The van der Waals surface area contributed by atoms with Crippen LogP contribution in [0.25, 0.3) is 22.8 Å². The molecule has 0 atom stereocenters. The molecule has 0 saturated heterocycles. The van der Waals surface area contributed by atoms with Gasteiger partial charge >= 0.3 is 11.9 Å². The highest BCUT2D eigenvalue weighted by Gasteiger charge is 2.17. The molecule has 0 bridgehead atoms. The molecule has 4 rings (SSSR count). The molecular weight excluding hydrogens is 436 g/mol. The fourth-order valence-corrected chi connectivity index (χ4v) is 3.63. The SMILES string of the molecule is Cc1cc(CN(C)c2ccc(C=C(C(=O)O)C(=O)O)cc2)c(O)c(-n2nc3ccccc3n2)c1. The summed E-state index contributed by atoms with van der Waals surface area (Å²) in [6.07, 6.45) is 1.11. The van der Waals surface area contributed by atoms with E-state index >= 15 is 0 Å². The van der Waals surface area contributed by atoms with Gasteiger partial charge < -0.3 is 20.2 Å². The number of aromatic nitrogens is 3. The van der Waals surface area contributed by atoms with Gasteiger partial charge in [-0.2, -0.15) is 0 Å². The van der Waals surface area contributed by atoms with Crippen LogP contribution in [0.15, 0.2) is 66.2 Å². The van der Waals surface area contributed by atoms with Gasteiger partial charge in [-0.3, -0.25) is 0 Å². The number of carbonyl (C=O) groups is 2. The van der Waals surface area contributed by atoms with Gasteiger partial charge in [0.1, 0.15) is 28.0 Å². The van der Waals surface area contributed by atoms with Crippen LogP contribution in [0.1, 0.15) is 16.7 Å². The molecular formula is C25H22N4O5. The molecule has 0 spiro atoms. The lowest BCUT2D eigenvalue weighted by atomic mass is 10.1. The van der Waals surface area contributed by atoms with Gasteiger partial charge in [0, 0.05) is 24.8 Å². The number of benzene rings is 3. The van der Waals surface area contributed by atoms with Gasteiger partial charge in [-0.05, 0) is 54.5 Å². The van der Waals surface area contributed by atoms with E-state index in [1.54, 1.807) is 24.3 Å². The van der Waals surface area contributed by atoms with E-state index in [9.17, 15) is 14.7 Å². The molecule has 9 heteroatoms. The zero-order valence-electron chi connectivity index (χ0n) is 18.5. The number of nitrogens with zero attached hydrogens (tertiary/aromatic N) is 4. The summed E-state index contributed by atoms with van der Waals surface area (Å²) in [6.45, 7) is 2.31. The summed E-state index contributed by atoms with van der Waals surface area (Å²) < 4.78 is 0. The predicted octanol–water partition coefficient (Wildman–Crippen LogP) is 3.62. The second-order valence-corrected chi connectivity index (χ2v) is 7.89. The van der Waals surface area contributed by atoms with Crippen molar-refractivity contribution in [1.29, 1.82) is 0 Å². The van der Waals surface area contributed by atoms with Crippen molar-refractivity contribution in [3.05, 3.63) is 82.9 Å². The molecule has 3 N–H and O–H groups in total. The van der Waals surface area contributed by atoms with Crippen molar-refractivity contribution in [2.24, 2.45) is 0 Å². The number of aryl methyl sites for hydroxylation is 1. The standard InChI is InChI=1S/C25H22N4O5/c1-15-11-17(23(30)22(12-15)29-26-20-5-3-4-6-21(20)27-29)14-28(2)18-9-7-16(8-10-18)13-19(24(31)32)25(33)34/h3-13,30H,14H2,1-2H3,(H,31,32)(H,33,34). The van der Waals surface area contributed by atoms with E-state index in [-0.39, 0.29) is 5.75 Å². The Kier molecular flexibility index (Phi) is 6.01. The fraction of sp³-hybridized carbons (Fsp3) is 0.120. The van der Waals surface area contributed by atoms with Crippen LogP contribution in [-0.2, 0) is 16.1 Å². The second-order valence-electron chi connectivity index (χ2n) is 7.89. The number of carboxylic acids is 2. The Labute approximate surface area is 194 Å². The average molecular weight is 458 g/mol. The van der Waals surface area contributed by atoms with Gasteiger partial charge in [0.2, 0.25) is 0 Å². The molecule has 0 unspecified atom stereocenters. The van der Waals surface area contributed by atoms with E-state index < -0.39 is 17.5 Å². The first-order chi connectivity index (χ1) is 16.2. The van der Waals surface area contributed by atoms with E-state index in [1.165, 1.54) is 4.80 Å². The lowest BCUT2D eigenvalue weighted by molar-refractivity contribution is -0.140. The number of phenols is 1. The fourth-order valence-electron chi connectivity index (χ4n) is 3.63. The topological polar surface area (TPSA) is 129 Å². The van der Waals surface area contributed by atoms with Crippen LogP contribution in [0.3, 0.4) is 0 Å². The van der Waals surface area contributed by atoms with Gasteiger partial charge in [-0.1, -0.05) is 30.3 Å². The number of fused-ring (bicyclic) bond motifs is 1. The number of aromatic hydroxyl groups is 1. The number of anilines is 1. The van der Waals surface area contributed by atoms with Gasteiger partial charge in [-0.15, -0.1) is 15.0 Å². The van der Waals surface area contributed by atoms with Crippen LogP contribution in [0.2, 0.25) is 0 Å².